The van der Waals surface area contributed by atoms with Crippen LogP contribution in [-0.4, -0.2) is 53.6 Å². The molecule has 0 amide bonds. The maximum Gasteiger partial charge on any atom is 0.322 e. The van der Waals surface area contributed by atoms with Crippen LogP contribution in [0, 0.1) is 0 Å². The monoisotopic (exact) mass is 248 g/mol. The molecule has 1 aliphatic rings. The first-order valence-corrected chi connectivity index (χ1v) is 6.36. The average Bonchev–Trinajstić information content (AvgIpc) is 2.53. The lowest BCUT2D eigenvalue weighted by atomic mass is 10.2. The molecule has 1 N–H and O–H groups in total. The van der Waals surface area contributed by atoms with Gasteiger partial charge in [-0.3, -0.25) is 14.6 Å². The normalized spacial score (nSPS) is 22.6. The summed E-state index contributed by atoms with van der Waals surface area (Å²) in [6.07, 6.45) is 1.02. The molecule has 1 saturated heterocycles. The van der Waals surface area contributed by atoms with Crippen molar-refractivity contribution in [2.45, 2.75) is 19.0 Å². The van der Waals surface area contributed by atoms with Crippen molar-refractivity contribution in [3.63, 3.8) is 0 Å². The molecule has 0 aromatic heterocycles. The van der Waals surface area contributed by atoms with Crippen LogP contribution in [0.2, 0.25) is 0 Å². The Bertz CT molecular complexity index is 394. The summed E-state index contributed by atoms with van der Waals surface area (Å²) < 4.78 is 0. The molecule has 1 unspecified atom stereocenters. The quantitative estimate of drug-likeness (QED) is 0.875. The number of carbonyl (C=O) groups is 1. The summed E-state index contributed by atoms with van der Waals surface area (Å²) in [4.78, 5) is 15.4. The predicted molar refractivity (Wildman–Crippen MR) is 70.4 cm³/mol. The van der Waals surface area contributed by atoms with Crippen molar-refractivity contribution in [1.29, 1.82) is 0 Å². The highest BCUT2D eigenvalue weighted by molar-refractivity contribution is 5.73. The Morgan fingerprint density at radius 1 is 1.33 bits per heavy atom. The molecule has 18 heavy (non-hydrogen) atoms. The van der Waals surface area contributed by atoms with E-state index in [1.54, 1.807) is 0 Å². The summed E-state index contributed by atoms with van der Waals surface area (Å²) in [5.41, 5.74) is 1.24. The van der Waals surface area contributed by atoms with Gasteiger partial charge in [-0.25, -0.2) is 0 Å². The molecule has 1 aliphatic heterocycles. The maximum absolute atomic E-state index is 11.2. The Balaban J connectivity index is 2.02. The van der Waals surface area contributed by atoms with Gasteiger partial charge in [0.1, 0.15) is 6.04 Å². The minimum atomic E-state index is -0.725. The third kappa shape index (κ3) is 3.31. The fourth-order valence-corrected chi connectivity index (χ4v) is 2.43. The van der Waals surface area contributed by atoms with Gasteiger partial charge in [-0.1, -0.05) is 30.3 Å². The summed E-state index contributed by atoms with van der Waals surface area (Å²) in [6.45, 7) is 3.24. The lowest BCUT2D eigenvalue weighted by Crippen LogP contribution is -2.44. The van der Waals surface area contributed by atoms with Crippen LogP contribution in [0.4, 0.5) is 0 Å². The highest BCUT2D eigenvalue weighted by Crippen LogP contribution is 2.12. The SMILES string of the molecule is CN1CCCN(Cc2ccccc2)CC1C(=O)O. The summed E-state index contributed by atoms with van der Waals surface area (Å²) in [6, 6.07) is 9.83. The van der Waals surface area contributed by atoms with Crippen LogP contribution in [0.3, 0.4) is 0 Å². The fraction of sp³-hybridized carbons (Fsp3) is 0.500. The molecule has 0 aliphatic carbocycles. The van der Waals surface area contributed by atoms with Gasteiger partial charge in [-0.05, 0) is 32.1 Å². The van der Waals surface area contributed by atoms with E-state index in [2.05, 4.69) is 17.0 Å². The predicted octanol–water partition coefficient (Wildman–Crippen LogP) is 1.28. The van der Waals surface area contributed by atoms with E-state index in [4.69, 9.17) is 0 Å². The molecule has 4 nitrogen and oxygen atoms in total. The molecule has 1 fully saturated rings. The highest BCUT2D eigenvalue weighted by atomic mass is 16.4. The van der Waals surface area contributed by atoms with Crippen LogP contribution in [0.5, 0.6) is 0 Å². The zero-order valence-corrected chi connectivity index (χ0v) is 10.7. The molecular formula is C14H20N2O2. The second kappa shape index (κ2) is 5.98. The van der Waals surface area contributed by atoms with Gasteiger partial charge in [-0.15, -0.1) is 0 Å². The lowest BCUT2D eigenvalue weighted by molar-refractivity contribution is -0.143. The number of hydrogen-bond acceptors (Lipinski definition) is 3. The van der Waals surface area contributed by atoms with E-state index in [0.717, 1.165) is 26.1 Å². The van der Waals surface area contributed by atoms with E-state index in [9.17, 15) is 9.90 Å². The smallest absolute Gasteiger partial charge is 0.322 e. The van der Waals surface area contributed by atoms with E-state index in [1.165, 1.54) is 5.56 Å². The Morgan fingerprint density at radius 3 is 2.72 bits per heavy atom. The van der Waals surface area contributed by atoms with Crippen LogP contribution >= 0.6 is 0 Å². The van der Waals surface area contributed by atoms with Gasteiger partial charge in [0, 0.05) is 13.1 Å². The second-order valence-corrected chi connectivity index (χ2v) is 4.91. The average molecular weight is 248 g/mol. The van der Waals surface area contributed by atoms with E-state index < -0.39 is 12.0 Å². The number of rotatable bonds is 3. The van der Waals surface area contributed by atoms with Gasteiger partial charge < -0.3 is 5.11 Å². The van der Waals surface area contributed by atoms with Crippen molar-refractivity contribution in [1.82, 2.24) is 9.80 Å². The Hall–Kier alpha value is -1.39. The van der Waals surface area contributed by atoms with Crippen molar-refractivity contribution in [2.75, 3.05) is 26.7 Å². The first kappa shape index (κ1) is 13.1. The number of hydrogen-bond donors (Lipinski definition) is 1. The molecule has 4 heteroatoms. The van der Waals surface area contributed by atoms with Gasteiger partial charge in [-0.2, -0.15) is 0 Å². The van der Waals surface area contributed by atoms with Crippen molar-refractivity contribution in [2.24, 2.45) is 0 Å². The summed E-state index contributed by atoms with van der Waals surface area (Å²) in [7, 11) is 1.89. The van der Waals surface area contributed by atoms with Crippen LogP contribution in [0.1, 0.15) is 12.0 Å². The Morgan fingerprint density at radius 2 is 2.06 bits per heavy atom. The van der Waals surface area contributed by atoms with E-state index in [1.807, 2.05) is 30.1 Å². The highest BCUT2D eigenvalue weighted by Gasteiger charge is 2.27. The first-order valence-electron chi connectivity index (χ1n) is 6.36. The van der Waals surface area contributed by atoms with Crippen molar-refractivity contribution in [3.8, 4) is 0 Å². The van der Waals surface area contributed by atoms with Crippen molar-refractivity contribution >= 4 is 5.97 Å². The van der Waals surface area contributed by atoms with E-state index >= 15 is 0 Å². The van der Waals surface area contributed by atoms with Crippen LogP contribution in [-0.2, 0) is 11.3 Å². The standard InChI is InChI=1S/C14H20N2O2/c1-15-8-5-9-16(11-13(15)14(17)18)10-12-6-3-2-4-7-12/h2-4,6-7,13H,5,8-11H2,1H3,(H,17,18). The van der Waals surface area contributed by atoms with Gasteiger partial charge >= 0.3 is 5.97 Å². The molecule has 1 atom stereocenters. The molecule has 1 heterocycles. The van der Waals surface area contributed by atoms with Gasteiger partial charge in [0.15, 0.2) is 0 Å². The molecule has 0 saturated carbocycles. The van der Waals surface area contributed by atoms with E-state index in [-0.39, 0.29) is 0 Å². The number of likely N-dealkylation sites (N-methyl/N-ethyl adjacent to an activating group) is 1. The largest absolute Gasteiger partial charge is 0.480 e. The lowest BCUT2D eigenvalue weighted by Gasteiger charge is -2.25. The van der Waals surface area contributed by atoms with Gasteiger partial charge in [0.05, 0.1) is 0 Å². The molecule has 0 radical (unpaired) electrons. The first-order chi connectivity index (χ1) is 8.66. The molecule has 98 valence electrons. The molecule has 1 aromatic rings. The maximum atomic E-state index is 11.2. The van der Waals surface area contributed by atoms with E-state index in [0.29, 0.717) is 6.54 Å². The van der Waals surface area contributed by atoms with Gasteiger partial charge in [0.2, 0.25) is 0 Å². The summed E-state index contributed by atoms with van der Waals surface area (Å²) in [5, 5.41) is 9.25. The Labute approximate surface area is 108 Å². The minimum absolute atomic E-state index is 0.392. The zero-order valence-electron chi connectivity index (χ0n) is 10.7. The molecule has 2 rings (SSSR count). The number of carboxylic acids is 1. The minimum Gasteiger partial charge on any atom is -0.480 e. The molecular weight excluding hydrogens is 228 g/mol. The summed E-state index contributed by atoms with van der Waals surface area (Å²) in [5.74, 6) is -0.725. The topological polar surface area (TPSA) is 43.8 Å². The van der Waals surface area contributed by atoms with Crippen LogP contribution < -0.4 is 0 Å². The van der Waals surface area contributed by atoms with Crippen molar-refractivity contribution in [3.05, 3.63) is 35.9 Å². The number of benzene rings is 1. The molecule has 0 spiro atoms. The fourth-order valence-electron chi connectivity index (χ4n) is 2.43. The van der Waals surface area contributed by atoms with Crippen LogP contribution in [0.25, 0.3) is 0 Å². The molecule has 1 aromatic carbocycles. The number of aliphatic carboxylic acids is 1. The summed E-state index contributed by atoms with van der Waals surface area (Å²) >= 11 is 0. The number of nitrogens with zero attached hydrogens (tertiary/aromatic N) is 2. The Kier molecular flexibility index (Phi) is 4.33. The van der Waals surface area contributed by atoms with Gasteiger partial charge in [0.25, 0.3) is 0 Å². The second-order valence-electron chi connectivity index (χ2n) is 4.91. The third-order valence-electron chi connectivity index (χ3n) is 3.48. The van der Waals surface area contributed by atoms with Crippen LogP contribution in [0.15, 0.2) is 30.3 Å². The molecule has 0 bridgehead atoms. The number of carboxylic acid groups (broad SMARTS) is 1. The third-order valence-corrected chi connectivity index (χ3v) is 3.48. The zero-order chi connectivity index (χ0) is 13.0. The van der Waals surface area contributed by atoms with Crippen molar-refractivity contribution < 1.29 is 9.90 Å².